The lowest BCUT2D eigenvalue weighted by Gasteiger charge is -2.09. The van der Waals surface area contributed by atoms with Gasteiger partial charge in [0.15, 0.2) is 0 Å². The molecule has 94 valence electrons. The average Bonchev–Trinajstić information content (AvgIpc) is 2.30. The van der Waals surface area contributed by atoms with E-state index in [9.17, 15) is 4.39 Å². The molecule has 0 amide bonds. The van der Waals surface area contributed by atoms with Crippen molar-refractivity contribution in [3.05, 3.63) is 62.8 Å². The number of anilines is 1. The van der Waals surface area contributed by atoms with Gasteiger partial charge in [0.25, 0.3) is 0 Å². The van der Waals surface area contributed by atoms with E-state index in [2.05, 4.69) is 5.32 Å². The molecule has 0 unspecified atom stereocenters. The van der Waals surface area contributed by atoms with Crippen molar-refractivity contribution in [3.8, 4) is 0 Å². The van der Waals surface area contributed by atoms with E-state index >= 15 is 0 Å². The third-order valence-corrected chi connectivity index (χ3v) is 3.24. The summed E-state index contributed by atoms with van der Waals surface area (Å²) in [5, 5.41) is 4.29. The fourth-order valence-corrected chi connectivity index (χ4v) is 2.26. The Hall–Kier alpha value is -0.960. The van der Waals surface area contributed by atoms with E-state index in [-0.39, 0.29) is 5.02 Å². The first-order chi connectivity index (χ1) is 8.56. The van der Waals surface area contributed by atoms with Crippen LogP contribution in [0.5, 0.6) is 0 Å². The third kappa shape index (κ3) is 3.29. The third-order valence-electron chi connectivity index (χ3n) is 2.38. The lowest BCUT2D eigenvalue weighted by Crippen LogP contribution is -2.00. The molecule has 0 heterocycles. The smallest absolute Gasteiger partial charge is 0.142 e. The van der Waals surface area contributed by atoms with Crippen molar-refractivity contribution >= 4 is 40.5 Å². The largest absolute Gasteiger partial charge is 0.381 e. The van der Waals surface area contributed by atoms with Crippen LogP contribution < -0.4 is 5.32 Å². The van der Waals surface area contributed by atoms with E-state index in [0.717, 1.165) is 5.69 Å². The molecule has 1 N–H and O–H groups in total. The van der Waals surface area contributed by atoms with E-state index < -0.39 is 5.82 Å². The minimum atomic E-state index is -0.430. The summed E-state index contributed by atoms with van der Waals surface area (Å²) in [5.41, 5.74) is 1.43. The number of nitrogens with one attached hydrogen (secondary N) is 1. The van der Waals surface area contributed by atoms with Gasteiger partial charge in [-0.2, -0.15) is 0 Å². The van der Waals surface area contributed by atoms with Crippen LogP contribution in [0, 0.1) is 5.82 Å². The maximum absolute atomic E-state index is 13.2. The highest BCUT2D eigenvalue weighted by atomic mass is 35.5. The number of hydrogen-bond donors (Lipinski definition) is 1. The van der Waals surface area contributed by atoms with Crippen molar-refractivity contribution in [1.29, 1.82) is 0 Å². The summed E-state index contributed by atoms with van der Waals surface area (Å²) in [7, 11) is 0. The van der Waals surface area contributed by atoms with Gasteiger partial charge in [-0.3, -0.25) is 0 Å². The monoisotopic (exact) mass is 303 g/mol. The highest BCUT2D eigenvalue weighted by Crippen LogP contribution is 2.24. The fraction of sp³-hybridized carbons (Fsp3) is 0.0769. The summed E-state index contributed by atoms with van der Waals surface area (Å²) in [4.78, 5) is 0. The molecule has 0 spiro atoms. The van der Waals surface area contributed by atoms with Gasteiger partial charge in [0.1, 0.15) is 5.82 Å². The van der Waals surface area contributed by atoms with E-state index in [4.69, 9.17) is 34.8 Å². The Morgan fingerprint density at radius 3 is 2.33 bits per heavy atom. The van der Waals surface area contributed by atoms with Crippen molar-refractivity contribution in [1.82, 2.24) is 0 Å². The summed E-state index contributed by atoms with van der Waals surface area (Å²) in [5.74, 6) is -0.430. The van der Waals surface area contributed by atoms with Crippen LogP contribution in [0.4, 0.5) is 10.1 Å². The van der Waals surface area contributed by atoms with Crippen molar-refractivity contribution in [3.63, 3.8) is 0 Å². The molecule has 0 saturated carbocycles. The molecule has 18 heavy (non-hydrogen) atoms. The maximum Gasteiger partial charge on any atom is 0.142 e. The van der Waals surface area contributed by atoms with E-state index in [1.807, 2.05) is 0 Å². The molecular formula is C13H9Cl3FN. The second-order valence-electron chi connectivity index (χ2n) is 3.72. The van der Waals surface area contributed by atoms with Crippen LogP contribution in [0.2, 0.25) is 15.1 Å². The Balaban J connectivity index is 2.14. The molecule has 0 saturated heterocycles. The number of benzene rings is 2. The number of rotatable bonds is 3. The summed E-state index contributed by atoms with van der Waals surface area (Å²) in [6, 6.07) is 9.81. The molecule has 2 rings (SSSR count). The number of halogens is 4. The summed E-state index contributed by atoms with van der Waals surface area (Å²) in [6.45, 7) is 0.396. The fourth-order valence-electron chi connectivity index (χ4n) is 1.54. The van der Waals surface area contributed by atoms with Gasteiger partial charge in [0, 0.05) is 22.3 Å². The van der Waals surface area contributed by atoms with Gasteiger partial charge in [-0.05, 0) is 29.8 Å². The van der Waals surface area contributed by atoms with Crippen molar-refractivity contribution in [2.24, 2.45) is 0 Å². The zero-order chi connectivity index (χ0) is 13.1. The van der Waals surface area contributed by atoms with Gasteiger partial charge in [-0.1, -0.05) is 46.9 Å². The highest BCUT2D eigenvalue weighted by molar-refractivity contribution is 6.35. The Morgan fingerprint density at radius 1 is 1.00 bits per heavy atom. The first-order valence-electron chi connectivity index (χ1n) is 5.19. The average molecular weight is 305 g/mol. The van der Waals surface area contributed by atoms with Crippen LogP contribution in [0.3, 0.4) is 0 Å². The van der Waals surface area contributed by atoms with Gasteiger partial charge < -0.3 is 5.32 Å². The molecule has 0 aliphatic rings. The Labute approximate surface area is 119 Å². The van der Waals surface area contributed by atoms with E-state index in [1.54, 1.807) is 30.3 Å². The van der Waals surface area contributed by atoms with Crippen molar-refractivity contribution in [2.75, 3.05) is 5.32 Å². The zero-order valence-electron chi connectivity index (χ0n) is 9.18. The molecule has 0 bridgehead atoms. The molecule has 2 aromatic rings. The molecule has 5 heteroatoms. The lowest BCUT2D eigenvalue weighted by atomic mass is 10.2. The van der Waals surface area contributed by atoms with Gasteiger partial charge in [-0.25, -0.2) is 4.39 Å². The molecule has 0 aliphatic heterocycles. The van der Waals surface area contributed by atoms with Crippen LogP contribution in [-0.4, -0.2) is 0 Å². The topological polar surface area (TPSA) is 12.0 Å². The molecular weight excluding hydrogens is 296 g/mol. The molecule has 0 atom stereocenters. The highest BCUT2D eigenvalue weighted by Gasteiger charge is 2.05. The first kappa shape index (κ1) is 13.5. The quantitative estimate of drug-likeness (QED) is 0.800. The summed E-state index contributed by atoms with van der Waals surface area (Å²) < 4.78 is 13.2. The summed E-state index contributed by atoms with van der Waals surface area (Å²) in [6.07, 6.45) is 0. The molecule has 0 radical (unpaired) electrons. The normalized spacial score (nSPS) is 10.4. The predicted molar refractivity (Wildman–Crippen MR) is 75.2 cm³/mol. The zero-order valence-corrected chi connectivity index (χ0v) is 11.5. The van der Waals surface area contributed by atoms with E-state index in [1.165, 1.54) is 6.07 Å². The van der Waals surface area contributed by atoms with Crippen LogP contribution in [0.15, 0.2) is 36.4 Å². The molecule has 1 nitrogen and oxygen atoms in total. The lowest BCUT2D eigenvalue weighted by molar-refractivity contribution is 0.626. The van der Waals surface area contributed by atoms with Crippen LogP contribution in [0.25, 0.3) is 0 Å². The van der Waals surface area contributed by atoms with Gasteiger partial charge in [0.05, 0.1) is 5.02 Å². The van der Waals surface area contributed by atoms with E-state index in [0.29, 0.717) is 22.2 Å². The standard InChI is InChI=1S/C13H9Cl3FN/c14-9-4-10(15)6-11(5-9)18-7-8-2-1-3-12(17)13(8)16/h1-6,18H,7H2. The first-order valence-corrected chi connectivity index (χ1v) is 6.32. The van der Waals surface area contributed by atoms with Gasteiger partial charge in [0.2, 0.25) is 0 Å². The Kier molecular flexibility index (Phi) is 4.33. The minimum Gasteiger partial charge on any atom is -0.381 e. The summed E-state index contributed by atoms with van der Waals surface area (Å²) >= 11 is 17.6. The molecule has 0 aliphatic carbocycles. The second kappa shape index (κ2) is 5.79. The van der Waals surface area contributed by atoms with Crippen molar-refractivity contribution in [2.45, 2.75) is 6.54 Å². The maximum atomic E-state index is 13.2. The van der Waals surface area contributed by atoms with Crippen LogP contribution in [-0.2, 0) is 6.54 Å². The molecule has 2 aromatic carbocycles. The second-order valence-corrected chi connectivity index (χ2v) is 4.98. The van der Waals surface area contributed by atoms with Crippen LogP contribution in [0.1, 0.15) is 5.56 Å². The van der Waals surface area contributed by atoms with Crippen molar-refractivity contribution < 1.29 is 4.39 Å². The Morgan fingerprint density at radius 2 is 1.67 bits per heavy atom. The molecule has 0 aromatic heterocycles. The SMILES string of the molecule is Fc1cccc(CNc2cc(Cl)cc(Cl)c2)c1Cl. The minimum absolute atomic E-state index is 0.123. The Bertz CT molecular complexity index is 552. The van der Waals surface area contributed by atoms with Crippen LogP contribution >= 0.6 is 34.8 Å². The van der Waals surface area contributed by atoms with Gasteiger partial charge >= 0.3 is 0 Å². The number of hydrogen-bond acceptors (Lipinski definition) is 1. The predicted octanol–water partition coefficient (Wildman–Crippen LogP) is 5.40. The molecule has 0 fully saturated rings. The van der Waals surface area contributed by atoms with Gasteiger partial charge in [-0.15, -0.1) is 0 Å².